The number of rotatable bonds is 3. The van der Waals surface area contributed by atoms with Gasteiger partial charge in [0, 0.05) is 12.5 Å². The highest BCUT2D eigenvalue weighted by molar-refractivity contribution is 5.80. The van der Waals surface area contributed by atoms with Gasteiger partial charge in [0.1, 0.15) is 11.6 Å². The van der Waals surface area contributed by atoms with Crippen molar-refractivity contribution >= 4 is 5.97 Å². The van der Waals surface area contributed by atoms with Crippen LogP contribution in [0, 0.1) is 11.6 Å². The summed E-state index contributed by atoms with van der Waals surface area (Å²) in [7, 11) is 0.653. The Balaban J connectivity index is 3.19. The first-order chi connectivity index (χ1) is 8.61. The molecule has 0 aliphatic heterocycles. The maximum absolute atomic E-state index is 13.3. The number of halogens is 5. The maximum Gasteiger partial charge on any atom is 0.428 e. The SMILES string of the molecule is COC(=O)C(O)(Cc1ccc(F)cc1F)C(F)(F)F. The van der Waals surface area contributed by atoms with E-state index in [0.29, 0.717) is 25.3 Å². The minimum Gasteiger partial charge on any atom is -0.467 e. The minimum absolute atomic E-state index is 0.351. The van der Waals surface area contributed by atoms with Gasteiger partial charge in [0.2, 0.25) is 0 Å². The zero-order valence-corrected chi connectivity index (χ0v) is 9.59. The summed E-state index contributed by atoms with van der Waals surface area (Å²) < 4.78 is 67.8. The van der Waals surface area contributed by atoms with Crippen LogP contribution in [0.3, 0.4) is 0 Å². The number of alkyl halides is 3. The molecule has 1 N–H and O–H groups in total. The number of benzene rings is 1. The number of methoxy groups -OCH3 is 1. The van der Waals surface area contributed by atoms with Crippen molar-refractivity contribution in [3.8, 4) is 0 Å². The molecule has 1 atom stereocenters. The van der Waals surface area contributed by atoms with Gasteiger partial charge in [-0.15, -0.1) is 0 Å². The van der Waals surface area contributed by atoms with Crippen molar-refractivity contribution in [2.75, 3.05) is 7.11 Å². The van der Waals surface area contributed by atoms with Crippen LogP contribution in [0.2, 0.25) is 0 Å². The second-order valence-corrected chi connectivity index (χ2v) is 3.76. The van der Waals surface area contributed by atoms with Crippen molar-refractivity contribution in [2.24, 2.45) is 0 Å². The zero-order valence-electron chi connectivity index (χ0n) is 9.59. The Kier molecular flexibility index (Phi) is 4.14. The van der Waals surface area contributed by atoms with Crippen molar-refractivity contribution in [1.29, 1.82) is 0 Å². The van der Waals surface area contributed by atoms with Crippen molar-refractivity contribution in [3.63, 3.8) is 0 Å². The number of carbonyl (C=O) groups excluding carboxylic acids is 1. The van der Waals surface area contributed by atoms with Crippen molar-refractivity contribution in [3.05, 3.63) is 35.4 Å². The van der Waals surface area contributed by atoms with Crippen molar-refractivity contribution in [2.45, 2.75) is 18.2 Å². The molecule has 1 aromatic rings. The van der Waals surface area contributed by atoms with Crippen LogP contribution < -0.4 is 0 Å². The maximum atomic E-state index is 13.3. The molecule has 0 spiro atoms. The van der Waals surface area contributed by atoms with Gasteiger partial charge in [-0.1, -0.05) is 6.07 Å². The summed E-state index contributed by atoms with van der Waals surface area (Å²) in [5.74, 6) is -4.26. The third kappa shape index (κ3) is 3.01. The van der Waals surface area contributed by atoms with Crippen LogP contribution >= 0.6 is 0 Å². The molecule has 1 aromatic carbocycles. The lowest BCUT2D eigenvalue weighted by molar-refractivity contribution is -0.261. The fraction of sp³-hybridized carbons (Fsp3) is 0.364. The quantitative estimate of drug-likeness (QED) is 0.682. The number of esters is 1. The van der Waals surface area contributed by atoms with E-state index in [2.05, 4.69) is 4.74 Å². The summed E-state index contributed by atoms with van der Waals surface area (Å²) in [5.41, 5.74) is -4.55. The van der Waals surface area contributed by atoms with Crippen LogP contribution in [0.25, 0.3) is 0 Å². The Morgan fingerprint density at radius 3 is 2.32 bits per heavy atom. The molecule has 1 unspecified atom stereocenters. The van der Waals surface area contributed by atoms with E-state index >= 15 is 0 Å². The molecule has 106 valence electrons. The van der Waals surface area contributed by atoms with Gasteiger partial charge < -0.3 is 9.84 Å². The van der Waals surface area contributed by atoms with E-state index in [-0.39, 0.29) is 0 Å². The highest BCUT2D eigenvalue weighted by Gasteiger charge is 2.60. The molecule has 0 aliphatic carbocycles. The second kappa shape index (κ2) is 5.12. The van der Waals surface area contributed by atoms with Crippen LogP contribution in [-0.4, -0.2) is 30.0 Å². The normalized spacial score (nSPS) is 14.9. The second-order valence-electron chi connectivity index (χ2n) is 3.76. The summed E-state index contributed by atoms with van der Waals surface area (Å²) in [5, 5.41) is 9.40. The van der Waals surface area contributed by atoms with E-state index in [4.69, 9.17) is 0 Å². The molecule has 19 heavy (non-hydrogen) atoms. The van der Waals surface area contributed by atoms with Gasteiger partial charge in [0.15, 0.2) is 0 Å². The first-order valence-electron chi connectivity index (χ1n) is 4.93. The van der Waals surface area contributed by atoms with Gasteiger partial charge in [-0.2, -0.15) is 13.2 Å². The number of aliphatic hydroxyl groups is 1. The molecule has 0 amide bonds. The molecular formula is C11H9F5O3. The predicted octanol–water partition coefficient (Wildman–Crippen LogP) is 1.97. The summed E-state index contributed by atoms with van der Waals surface area (Å²) in [4.78, 5) is 11.1. The smallest absolute Gasteiger partial charge is 0.428 e. The molecule has 0 aliphatic rings. The highest BCUT2D eigenvalue weighted by Crippen LogP contribution is 2.35. The van der Waals surface area contributed by atoms with E-state index in [1.165, 1.54) is 0 Å². The van der Waals surface area contributed by atoms with Crippen LogP contribution in [0.15, 0.2) is 18.2 Å². The third-order valence-corrected chi connectivity index (χ3v) is 2.45. The lowest BCUT2D eigenvalue weighted by atomic mass is 9.93. The van der Waals surface area contributed by atoms with Crippen molar-refractivity contribution in [1.82, 2.24) is 0 Å². The highest BCUT2D eigenvalue weighted by atomic mass is 19.4. The van der Waals surface area contributed by atoms with E-state index in [1.807, 2.05) is 0 Å². The van der Waals surface area contributed by atoms with E-state index in [9.17, 15) is 31.9 Å². The Morgan fingerprint density at radius 1 is 1.32 bits per heavy atom. The predicted molar refractivity (Wildman–Crippen MR) is 53.1 cm³/mol. The molecule has 0 radical (unpaired) electrons. The average molecular weight is 284 g/mol. The topological polar surface area (TPSA) is 46.5 Å². The van der Waals surface area contributed by atoms with E-state index in [0.717, 1.165) is 0 Å². The Hall–Kier alpha value is -1.70. The van der Waals surface area contributed by atoms with E-state index in [1.54, 1.807) is 0 Å². The molecule has 0 aromatic heterocycles. The van der Waals surface area contributed by atoms with Gasteiger partial charge in [0.05, 0.1) is 7.11 Å². The van der Waals surface area contributed by atoms with Crippen LogP contribution in [0.1, 0.15) is 5.56 Å². The van der Waals surface area contributed by atoms with Gasteiger partial charge in [0.25, 0.3) is 5.60 Å². The number of carbonyl (C=O) groups is 1. The molecule has 1 rings (SSSR count). The number of hydrogen-bond donors (Lipinski definition) is 1. The summed E-state index contributed by atoms with van der Waals surface area (Å²) in [6, 6.07) is 1.78. The Labute approximate surface area is 104 Å². The van der Waals surface area contributed by atoms with Crippen LogP contribution in [0.5, 0.6) is 0 Å². The monoisotopic (exact) mass is 284 g/mol. The standard InChI is InChI=1S/C11H9F5O3/c1-19-9(17)10(18,11(14,15)16)5-6-2-3-7(12)4-8(6)13/h2-4,18H,5H2,1H3. The third-order valence-electron chi connectivity index (χ3n) is 2.45. The van der Waals surface area contributed by atoms with Gasteiger partial charge in [-0.3, -0.25) is 0 Å². The fourth-order valence-corrected chi connectivity index (χ4v) is 1.40. The van der Waals surface area contributed by atoms with Crippen molar-refractivity contribution < 1.29 is 36.6 Å². The Bertz CT molecular complexity index is 486. The van der Waals surface area contributed by atoms with Crippen LogP contribution in [0.4, 0.5) is 22.0 Å². The molecule has 0 fully saturated rings. The van der Waals surface area contributed by atoms with E-state index < -0.39 is 41.4 Å². The fourth-order valence-electron chi connectivity index (χ4n) is 1.40. The largest absolute Gasteiger partial charge is 0.467 e. The van der Waals surface area contributed by atoms with Gasteiger partial charge >= 0.3 is 12.1 Å². The number of ether oxygens (including phenoxy) is 1. The lowest BCUT2D eigenvalue weighted by Gasteiger charge is -2.27. The number of hydrogen-bond acceptors (Lipinski definition) is 3. The summed E-state index contributed by atoms with van der Waals surface area (Å²) in [6.07, 6.45) is -6.77. The molecule has 8 heteroatoms. The minimum atomic E-state index is -5.36. The summed E-state index contributed by atoms with van der Waals surface area (Å²) in [6.45, 7) is 0. The molecule has 0 saturated heterocycles. The van der Waals surface area contributed by atoms with Crippen LogP contribution in [-0.2, 0) is 16.0 Å². The van der Waals surface area contributed by atoms with Gasteiger partial charge in [-0.05, 0) is 11.6 Å². The zero-order chi connectivity index (χ0) is 14.8. The molecule has 0 saturated carbocycles. The average Bonchev–Trinajstić information content (AvgIpc) is 2.30. The molecule has 0 bridgehead atoms. The lowest BCUT2D eigenvalue weighted by Crippen LogP contribution is -2.54. The first-order valence-corrected chi connectivity index (χ1v) is 4.93. The first kappa shape index (κ1) is 15.4. The van der Waals surface area contributed by atoms with Gasteiger partial charge in [-0.25, -0.2) is 13.6 Å². The molecule has 3 nitrogen and oxygen atoms in total. The Morgan fingerprint density at radius 2 is 1.89 bits per heavy atom. The molecular weight excluding hydrogens is 275 g/mol. The molecule has 0 heterocycles. The summed E-state index contributed by atoms with van der Waals surface area (Å²) >= 11 is 0.